The van der Waals surface area contributed by atoms with Crippen LogP contribution in [0.15, 0.2) is 11.0 Å². The van der Waals surface area contributed by atoms with Crippen LogP contribution in [-0.2, 0) is 11.3 Å². The van der Waals surface area contributed by atoms with Gasteiger partial charge in [0.2, 0.25) is 5.91 Å². The first kappa shape index (κ1) is 15.3. The molecule has 110 valence electrons. The molecule has 1 aliphatic carbocycles. The number of aromatic nitrogens is 2. The van der Waals surface area contributed by atoms with Gasteiger partial charge in [-0.15, -0.1) is 0 Å². The van der Waals surface area contributed by atoms with Crippen LogP contribution in [0.3, 0.4) is 0 Å². The Labute approximate surface area is 127 Å². The number of amides is 1. The van der Waals surface area contributed by atoms with Crippen LogP contribution in [0.4, 0.5) is 0 Å². The summed E-state index contributed by atoms with van der Waals surface area (Å²) in [7, 11) is 0. The summed E-state index contributed by atoms with van der Waals surface area (Å²) < 4.78 is 1.02. The maximum Gasteiger partial charge on any atom is 0.287 e. The molecule has 7 heteroatoms. The molecule has 1 aromatic rings. The number of carbonyl (C=O) groups is 1. The van der Waals surface area contributed by atoms with Gasteiger partial charge in [0.15, 0.2) is 0 Å². The van der Waals surface area contributed by atoms with E-state index in [0.717, 1.165) is 23.9 Å². The Morgan fingerprint density at radius 1 is 1.45 bits per heavy atom. The Balaban J connectivity index is 2.01. The van der Waals surface area contributed by atoms with Gasteiger partial charge >= 0.3 is 0 Å². The van der Waals surface area contributed by atoms with E-state index in [1.54, 1.807) is 0 Å². The Kier molecular flexibility index (Phi) is 5.05. The van der Waals surface area contributed by atoms with Gasteiger partial charge in [-0.2, -0.15) is 5.10 Å². The van der Waals surface area contributed by atoms with Gasteiger partial charge in [0.05, 0.1) is 11.2 Å². The Morgan fingerprint density at radius 3 is 2.85 bits per heavy atom. The molecule has 1 saturated carbocycles. The molecule has 20 heavy (non-hydrogen) atoms. The highest BCUT2D eigenvalue weighted by molar-refractivity contribution is 6.41. The molecule has 2 atom stereocenters. The van der Waals surface area contributed by atoms with Crippen LogP contribution in [0.1, 0.15) is 32.6 Å². The molecule has 1 aromatic heterocycles. The van der Waals surface area contributed by atoms with Crippen LogP contribution in [0.25, 0.3) is 0 Å². The molecule has 0 aliphatic heterocycles. The fraction of sp³-hybridized carbons (Fsp3) is 0.615. The minimum absolute atomic E-state index is 0.0919. The summed E-state index contributed by atoms with van der Waals surface area (Å²) in [5.74, 6) is 0.239. The van der Waals surface area contributed by atoms with E-state index >= 15 is 0 Å². The molecule has 1 heterocycles. The molecule has 0 radical (unpaired) electrons. The van der Waals surface area contributed by atoms with E-state index in [2.05, 4.69) is 17.3 Å². The van der Waals surface area contributed by atoms with E-state index in [0.29, 0.717) is 5.92 Å². The molecule has 1 amide bonds. The van der Waals surface area contributed by atoms with Gasteiger partial charge in [-0.25, -0.2) is 4.68 Å². The largest absolute Gasteiger partial charge is 0.351 e. The van der Waals surface area contributed by atoms with Crippen LogP contribution in [0.2, 0.25) is 10.0 Å². The van der Waals surface area contributed by atoms with Crippen molar-refractivity contribution in [2.75, 3.05) is 0 Å². The Bertz CT molecular complexity index is 559. The summed E-state index contributed by atoms with van der Waals surface area (Å²) in [6.45, 7) is 1.99. The highest BCUT2D eigenvalue weighted by atomic mass is 35.5. The van der Waals surface area contributed by atoms with Crippen LogP contribution in [0.5, 0.6) is 0 Å². The second-order valence-corrected chi connectivity index (χ2v) is 5.99. The number of nitrogens with zero attached hydrogens (tertiary/aromatic N) is 2. The van der Waals surface area contributed by atoms with Crippen molar-refractivity contribution >= 4 is 29.1 Å². The molecule has 2 rings (SSSR count). The van der Waals surface area contributed by atoms with Gasteiger partial charge in [-0.1, -0.05) is 43.0 Å². The average molecular weight is 318 g/mol. The average Bonchev–Trinajstić information content (AvgIpc) is 2.42. The van der Waals surface area contributed by atoms with E-state index in [-0.39, 0.29) is 28.5 Å². The lowest BCUT2D eigenvalue weighted by atomic mass is 9.86. The predicted octanol–water partition coefficient (Wildman–Crippen LogP) is 2.25. The number of halogens is 2. The van der Waals surface area contributed by atoms with Crippen molar-refractivity contribution in [2.45, 2.75) is 45.2 Å². The quantitative estimate of drug-likeness (QED) is 0.929. The minimum Gasteiger partial charge on any atom is -0.351 e. The van der Waals surface area contributed by atoms with Gasteiger partial charge in [0.1, 0.15) is 11.6 Å². The third-order valence-electron chi connectivity index (χ3n) is 3.69. The van der Waals surface area contributed by atoms with Gasteiger partial charge < -0.3 is 5.32 Å². The number of hydrogen-bond donors (Lipinski definition) is 1. The number of nitrogens with one attached hydrogen (secondary N) is 1. The van der Waals surface area contributed by atoms with E-state index in [4.69, 9.17) is 23.2 Å². The van der Waals surface area contributed by atoms with Crippen molar-refractivity contribution in [1.29, 1.82) is 0 Å². The highest BCUT2D eigenvalue weighted by Crippen LogP contribution is 2.23. The summed E-state index contributed by atoms with van der Waals surface area (Å²) >= 11 is 11.4. The fourth-order valence-electron chi connectivity index (χ4n) is 2.48. The van der Waals surface area contributed by atoms with Gasteiger partial charge in [0, 0.05) is 6.04 Å². The Hall–Kier alpha value is -1.07. The molecule has 0 unspecified atom stereocenters. The van der Waals surface area contributed by atoms with E-state index < -0.39 is 5.56 Å². The van der Waals surface area contributed by atoms with Crippen molar-refractivity contribution < 1.29 is 4.79 Å². The van der Waals surface area contributed by atoms with E-state index in [9.17, 15) is 9.59 Å². The molecule has 1 fully saturated rings. The van der Waals surface area contributed by atoms with Crippen molar-refractivity contribution in [1.82, 2.24) is 15.1 Å². The lowest BCUT2D eigenvalue weighted by molar-refractivity contribution is -0.123. The first-order valence-electron chi connectivity index (χ1n) is 6.69. The van der Waals surface area contributed by atoms with Crippen LogP contribution < -0.4 is 10.9 Å². The van der Waals surface area contributed by atoms with Gasteiger partial charge in [-0.3, -0.25) is 9.59 Å². The molecule has 0 spiro atoms. The molecule has 0 aromatic carbocycles. The zero-order valence-corrected chi connectivity index (χ0v) is 12.7. The van der Waals surface area contributed by atoms with Crippen molar-refractivity contribution in [2.24, 2.45) is 5.92 Å². The monoisotopic (exact) mass is 317 g/mol. The predicted molar refractivity (Wildman–Crippen MR) is 78.1 cm³/mol. The standard InChI is InChI=1S/C13H17Cl2N3O2/c1-8-4-2-3-5-10(8)17-11(19)7-18-13(20)12(15)9(14)6-16-18/h6,8,10H,2-5,7H2,1H3,(H,17,19)/t8-,10-/m1/s1. The first-order chi connectivity index (χ1) is 9.49. The van der Waals surface area contributed by atoms with E-state index in [1.807, 2.05) is 0 Å². The third-order valence-corrected chi connectivity index (χ3v) is 4.44. The van der Waals surface area contributed by atoms with Crippen LogP contribution in [-0.4, -0.2) is 21.7 Å². The third kappa shape index (κ3) is 3.52. The number of carbonyl (C=O) groups excluding carboxylic acids is 1. The van der Waals surface area contributed by atoms with Gasteiger partial charge in [0.25, 0.3) is 5.56 Å². The maximum absolute atomic E-state index is 12.0. The molecule has 0 saturated heterocycles. The topological polar surface area (TPSA) is 64.0 Å². The number of hydrogen-bond acceptors (Lipinski definition) is 3. The maximum atomic E-state index is 12.0. The summed E-state index contributed by atoms with van der Waals surface area (Å²) in [6, 6.07) is 0.176. The Morgan fingerprint density at radius 2 is 2.15 bits per heavy atom. The van der Waals surface area contributed by atoms with Crippen LogP contribution in [0, 0.1) is 5.92 Å². The van der Waals surface area contributed by atoms with Crippen molar-refractivity contribution in [3.63, 3.8) is 0 Å². The lowest BCUT2D eigenvalue weighted by Crippen LogP contribution is -2.43. The molecule has 5 nitrogen and oxygen atoms in total. The van der Waals surface area contributed by atoms with Gasteiger partial charge in [-0.05, 0) is 18.8 Å². The summed E-state index contributed by atoms with van der Waals surface area (Å²) in [6.07, 6.45) is 5.70. The van der Waals surface area contributed by atoms with E-state index in [1.165, 1.54) is 12.6 Å². The number of rotatable bonds is 3. The highest BCUT2D eigenvalue weighted by Gasteiger charge is 2.23. The fourth-order valence-corrected chi connectivity index (χ4v) is 2.75. The summed E-state index contributed by atoms with van der Waals surface area (Å²) in [4.78, 5) is 23.8. The molecule has 1 N–H and O–H groups in total. The second-order valence-electron chi connectivity index (χ2n) is 5.21. The molecular weight excluding hydrogens is 301 g/mol. The minimum atomic E-state index is -0.550. The summed E-state index contributed by atoms with van der Waals surface area (Å²) in [5, 5.41) is 6.76. The zero-order valence-electron chi connectivity index (χ0n) is 11.2. The van der Waals surface area contributed by atoms with Crippen molar-refractivity contribution in [3.8, 4) is 0 Å². The SMILES string of the molecule is C[C@@H]1CCCC[C@H]1NC(=O)Cn1ncc(Cl)c(Cl)c1=O. The smallest absolute Gasteiger partial charge is 0.287 e. The normalized spacial score (nSPS) is 22.6. The second kappa shape index (κ2) is 6.59. The molecule has 1 aliphatic rings. The summed E-state index contributed by atoms with van der Waals surface area (Å²) in [5.41, 5.74) is -0.550. The lowest BCUT2D eigenvalue weighted by Gasteiger charge is -2.29. The first-order valence-corrected chi connectivity index (χ1v) is 7.45. The van der Waals surface area contributed by atoms with Crippen molar-refractivity contribution in [3.05, 3.63) is 26.6 Å². The molecule has 0 bridgehead atoms. The zero-order chi connectivity index (χ0) is 14.7. The van der Waals surface area contributed by atoms with Crippen LogP contribution >= 0.6 is 23.2 Å². The molecular formula is C13H17Cl2N3O2.